The molecule has 0 aromatic heterocycles. The third-order valence-electron chi connectivity index (χ3n) is 3.80. The molecule has 0 aromatic carbocycles. The minimum atomic E-state index is -2.74. The number of hydrogen-bond acceptors (Lipinski definition) is 5. The Balaban J connectivity index is 0. The number of hydrogen-bond donors (Lipinski definition) is 5. The van der Waals surface area contributed by atoms with Gasteiger partial charge >= 0.3 is 17.9 Å². The molecule has 0 saturated carbocycles. The van der Waals surface area contributed by atoms with Crippen LogP contribution in [0.3, 0.4) is 0 Å². The fourth-order valence-electron chi connectivity index (χ4n) is 2.31. The molecule has 8 nitrogen and oxygen atoms in total. The Morgan fingerprint density at radius 1 is 0.692 bits per heavy atom. The van der Waals surface area contributed by atoms with Crippen molar-refractivity contribution >= 4 is 17.9 Å². The SMILES string of the molecule is CCCCCCCCCCCCO.O=C(O)CC(O)(CC(=O)O)C(=O)O. The predicted molar refractivity (Wildman–Crippen MR) is 96.0 cm³/mol. The van der Waals surface area contributed by atoms with Crippen molar-refractivity contribution in [1.82, 2.24) is 0 Å². The fourth-order valence-corrected chi connectivity index (χ4v) is 2.31. The zero-order chi connectivity index (χ0) is 20.4. The second-order valence-corrected chi connectivity index (χ2v) is 6.38. The Kier molecular flexibility index (Phi) is 17.1. The Hall–Kier alpha value is -1.67. The Morgan fingerprint density at radius 3 is 1.31 bits per heavy atom. The minimum absolute atomic E-state index is 0.372. The van der Waals surface area contributed by atoms with Gasteiger partial charge < -0.3 is 25.5 Å². The van der Waals surface area contributed by atoms with Crippen molar-refractivity contribution in [2.24, 2.45) is 0 Å². The highest BCUT2D eigenvalue weighted by molar-refractivity contribution is 5.88. The lowest BCUT2D eigenvalue weighted by Crippen LogP contribution is -2.42. The molecule has 0 aromatic rings. The fraction of sp³-hybridized carbons (Fsp3) is 0.833. The Bertz CT molecular complexity index is 369. The first-order valence-electron chi connectivity index (χ1n) is 9.19. The number of aliphatic carboxylic acids is 3. The molecule has 0 atom stereocenters. The van der Waals surface area contributed by atoms with Crippen molar-refractivity contribution in [3.05, 3.63) is 0 Å². The lowest BCUT2D eigenvalue weighted by Gasteiger charge is -2.18. The molecule has 0 spiro atoms. The van der Waals surface area contributed by atoms with E-state index in [4.69, 9.17) is 25.5 Å². The molecule has 26 heavy (non-hydrogen) atoms. The molecule has 0 fully saturated rings. The van der Waals surface area contributed by atoms with Gasteiger partial charge in [-0.1, -0.05) is 64.7 Å². The van der Waals surface area contributed by atoms with Crippen LogP contribution in [0.15, 0.2) is 0 Å². The summed E-state index contributed by atoms with van der Waals surface area (Å²) in [6, 6.07) is 0. The summed E-state index contributed by atoms with van der Waals surface area (Å²) in [6.07, 6.45) is 11.0. The molecule has 0 amide bonds. The summed E-state index contributed by atoms with van der Waals surface area (Å²) in [7, 11) is 0. The molecule has 0 aliphatic rings. The van der Waals surface area contributed by atoms with Crippen molar-refractivity contribution in [3.63, 3.8) is 0 Å². The predicted octanol–water partition coefficient (Wildman–Crippen LogP) is 2.65. The number of aliphatic hydroxyl groups excluding tert-OH is 1. The summed E-state index contributed by atoms with van der Waals surface area (Å²) in [5.74, 6) is -5.02. The summed E-state index contributed by atoms with van der Waals surface area (Å²) < 4.78 is 0. The third kappa shape index (κ3) is 17.2. The van der Waals surface area contributed by atoms with Crippen molar-refractivity contribution in [2.75, 3.05) is 6.61 Å². The zero-order valence-electron chi connectivity index (χ0n) is 15.7. The highest BCUT2D eigenvalue weighted by Crippen LogP contribution is 2.15. The van der Waals surface area contributed by atoms with E-state index in [0.29, 0.717) is 6.61 Å². The van der Waals surface area contributed by atoms with Gasteiger partial charge in [0.1, 0.15) is 0 Å². The quantitative estimate of drug-likeness (QED) is 0.273. The maximum Gasteiger partial charge on any atom is 0.336 e. The van der Waals surface area contributed by atoms with Gasteiger partial charge in [0.2, 0.25) is 0 Å². The second kappa shape index (κ2) is 16.8. The van der Waals surface area contributed by atoms with E-state index in [2.05, 4.69) is 6.92 Å². The van der Waals surface area contributed by atoms with E-state index in [-0.39, 0.29) is 0 Å². The molecule has 0 rings (SSSR count). The molecule has 0 aliphatic heterocycles. The van der Waals surface area contributed by atoms with Crippen LogP contribution in [0.4, 0.5) is 0 Å². The van der Waals surface area contributed by atoms with Gasteiger partial charge in [-0.05, 0) is 6.42 Å². The van der Waals surface area contributed by atoms with Crippen LogP contribution in [0.5, 0.6) is 0 Å². The van der Waals surface area contributed by atoms with Crippen molar-refractivity contribution in [2.45, 2.75) is 89.6 Å². The van der Waals surface area contributed by atoms with Crippen LogP contribution < -0.4 is 0 Å². The number of carbonyl (C=O) groups is 3. The summed E-state index contributed by atoms with van der Waals surface area (Å²) in [5.41, 5.74) is -2.74. The van der Waals surface area contributed by atoms with Gasteiger partial charge in [0, 0.05) is 6.61 Å². The number of rotatable bonds is 15. The topological polar surface area (TPSA) is 152 Å². The molecule has 0 saturated heterocycles. The molecular formula is C18H34O8. The molecule has 0 heterocycles. The van der Waals surface area contributed by atoms with Crippen LogP contribution >= 0.6 is 0 Å². The molecule has 0 radical (unpaired) electrons. The van der Waals surface area contributed by atoms with Crippen molar-refractivity contribution in [1.29, 1.82) is 0 Å². The van der Waals surface area contributed by atoms with Crippen LogP contribution in [-0.4, -0.2) is 55.6 Å². The van der Waals surface area contributed by atoms with Gasteiger partial charge in [0.25, 0.3) is 0 Å². The number of carboxylic acid groups (broad SMARTS) is 3. The van der Waals surface area contributed by atoms with E-state index < -0.39 is 36.4 Å². The van der Waals surface area contributed by atoms with Crippen LogP contribution in [0.2, 0.25) is 0 Å². The first-order valence-corrected chi connectivity index (χ1v) is 9.19. The van der Waals surface area contributed by atoms with Crippen LogP contribution in [0.1, 0.15) is 84.0 Å². The highest BCUT2D eigenvalue weighted by atomic mass is 16.4. The average Bonchev–Trinajstić information content (AvgIpc) is 2.52. The largest absolute Gasteiger partial charge is 0.481 e. The monoisotopic (exact) mass is 378 g/mol. The van der Waals surface area contributed by atoms with E-state index in [0.717, 1.165) is 6.42 Å². The maximum atomic E-state index is 10.3. The van der Waals surface area contributed by atoms with E-state index in [1.807, 2.05) is 0 Å². The first kappa shape index (κ1) is 26.6. The van der Waals surface area contributed by atoms with Gasteiger partial charge in [0.15, 0.2) is 5.60 Å². The van der Waals surface area contributed by atoms with Crippen LogP contribution in [0.25, 0.3) is 0 Å². The van der Waals surface area contributed by atoms with Crippen molar-refractivity contribution in [3.8, 4) is 0 Å². The van der Waals surface area contributed by atoms with E-state index in [1.54, 1.807) is 0 Å². The van der Waals surface area contributed by atoms with E-state index in [9.17, 15) is 14.4 Å². The number of carboxylic acids is 3. The minimum Gasteiger partial charge on any atom is -0.481 e. The highest BCUT2D eigenvalue weighted by Gasteiger charge is 2.40. The van der Waals surface area contributed by atoms with Gasteiger partial charge in [-0.25, -0.2) is 4.79 Å². The van der Waals surface area contributed by atoms with E-state index in [1.165, 1.54) is 57.8 Å². The van der Waals surface area contributed by atoms with Gasteiger partial charge in [-0.2, -0.15) is 0 Å². The number of aliphatic hydroxyl groups is 2. The summed E-state index contributed by atoms with van der Waals surface area (Å²) >= 11 is 0. The second-order valence-electron chi connectivity index (χ2n) is 6.38. The zero-order valence-corrected chi connectivity index (χ0v) is 15.7. The lowest BCUT2D eigenvalue weighted by atomic mass is 9.96. The molecule has 5 N–H and O–H groups in total. The standard InChI is InChI=1S/C12H26O.C6H8O7/c1-2-3-4-5-6-7-8-9-10-11-12-13;7-3(8)1-6(13,5(11)12)2-4(9)10/h13H,2-12H2,1H3;13H,1-2H2,(H,7,8)(H,9,10)(H,11,12). The summed E-state index contributed by atoms with van der Waals surface area (Å²) in [6.45, 7) is 2.63. The van der Waals surface area contributed by atoms with Gasteiger partial charge in [-0.15, -0.1) is 0 Å². The van der Waals surface area contributed by atoms with Gasteiger partial charge in [0.05, 0.1) is 12.8 Å². The van der Waals surface area contributed by atoms with Crippen LogP contribution in [0, 0.1) is 0 Å². The average molecular weight is 378 g/mol. The molecule has 0 unspecified atom stereocenters. The Morgan fingerprint density at radius 2 is 1.04 bits per heavy atom. The number of unbranched alkanes of at least 4 members (excludes halogenated alkanes) is 9. The maximum absolute atomic E-state index is 10.3. The molecular weight excluding hydrogens is 344 g/mol. The summed E-state index contributed by atoms with van der Waals surface area (Å²) in [4.78, 5) is 30.5. The lowest BCUT2D eigenvalue weighted by molar-refractivity contribution is -0.170. The van der Waals surface area contributed by atoms with Crippen LogP contribution in [-0.2, 0) is 14.4 Å². The van der Waals surface area contributed by atoms with Crippen molar-refractivity contribution < 1.29 is 39.9 Å². The normalized spacial score (nSPS) is 10.7. The van der Waals surface area contributed by atoms with E-state index >= 15 is 0 Å². The molecule has 0 bridgehead atoms. The Labute approximate surface area is 154 Å². The smallest absolute Gasteiger partial charge is 0.336 e. The first-order chi connectivity index (χ1) is 12.2. The third-order valence-corrected chi connectivity index (χ3v) is 3.80. The van der Waals surface area contributed by atoms with Gasteiger partial charge in [-0.3, -0.25) is 9.59 Å². The molecule has 154 valence electrons. The molecule has 0 aliphatic carbocycles. The molecule has 8 heteroatoms. The summed E-state index contributed by atoms with van der Waals surface area (Å²) in [5, 5.41) is 42.4.